The second kappa shape index (κ2) is 5.75. The number of benzene rings is 1. The van der Waals surface area contributed by atoms with E-state index < -0.39 is 15.4 Å². The molecule has 1 aromatic carbocycles. The normalized spacial score (nSPS) is 18.6. The van der Waals surface area contributed by atoms with Gasteiger partial charge in [-0.3, -0.25) is 0 Å². The first-order valence-corrected chi connectivity index (χ1v) is 7.42. The minimum Gasteiger partial charge on any atom is -0.623 e. The number of allylic oxidation sites excluding steroid dienone is 2. The molecule has 0 spiro atoms. The van der Waals surface area contributed by atoms with Gasteiger partial charge in [0.15, 0.2) is 0 Å². The van der Waals surface area contributed by atoms with Crippen LogP contribution in [0.5, 0.6) is 0 Å². The average molecular weight is 291 g/mol. The summed E-state index contributed by atoms with van der Waals surface area (Å²) in [4.78, 5) is -0.118. The van der Waals surface area contributed by atoms with Crippen LogP contribution in [0, 0.1) is 19.1 Å². The third kappa shape index (κ3) is 2.90. The molecule has 0 fully saturated rings. The summed E-state index contributed by atoms with van der Waals surface area (Å²) in [6, 6.07) is 6.18. The Balaban J connectivity index is 2.43. The van der Waals surface area contributed by atoms with Gasteiger partial charge in [0.25, 0.3) is 15.3 Å². The highest BCUT2D eigenvalue weighted by molar-refractivity contribution is 7.72. The third-order valence-electron chi connectivity index (χ3n) is 3.53. The monoisotopic (exact) mass is 291 g/mol. The Morgan fingerprint density at radius 2 is 1.90 bits per heavy atom. The predicted octanol–water partition coefficient (Wildman–Crippen LogP) is 1.08. The van der Waals surface area contributed by atoms with E-state index in [-0.39, 0.29) is 4.99 Å². The number of rotatable bonds is 2. The number of hydrogen-bond acceptors (Lipinski definition) is 3. The molecule has 106 valence electrons. The van der Waals surface area contributed by atoms with Crippen LogP contribution >= 0.6 is 0 Å². The van der Waals surface area contributed by atoms with Gasteiger partial charge in [-0.1, -0.05) is 23.8 Å². The van der Waals surface area contributed by atoms with Crippen molar-refractivity contribution in [3.05, 3.63) is 63.5 Å². The molecule has 1 atom stereocenters. The van der Waals surface area contributed by atoms with Crippen molar-refractivity contribution in [3.63, 3.8) is 0 Å². The van der Waals surface area contributed by atoms with Gasteiger partial charge in [0, 0.05) is 5.57 Å². The predicted molar refractivity (Wildman–Crippen MR) is 79.7 cm³/mol. The molecule has 0 bridgehead atoms. The fourth-order valence-corrected chi connectivity index (χ4v) is 2.97. The van der Waals surface area contributed by atoms with E-state index in [0.717, 1.165) is 11.1 Å². The number of aryl methyl sites for hydroxylation is 2. The zero-order valence-electron chi connectivity index (χ0n) is 11.7. The summed E-state index contributed by atoms with van der Waals surface area (Å²) in [7, 11) is -2.49. The Bertz CT molecular complexity index is 734. The zero-order valence-corrected chi connectivity index (χ0v) is 12.5. The Morgan fingerprint density at radius 3 is 2.50 bits per heavy atom. The number of nitrogens with one attached hydrogen (secondary N) is 1. The van der Waals surface area contributed by atoms with Crippen LogP contribution in [-0.2, 0) is 16.7 Å². The maximum Gasteiger partial charge on any atom is 0.277 e. The minimum atomic E-state index is -2.49. The van der Waals surface area contributed by atoms with Gasteiger partial charge in [0.05, 0.1) is 0 Å². The minimum absolute atomic E-state index is 0.118. The molecule has 1 unspecified atom stereocenters. The van der Waals surface area contributed by atoms with Crippen LogP contribution in [0.4, 0.5) is 0 Å². The highest BCUT2D eigenvalue weighted by Crippen LogP contribution is 2.19. The summed E-state index contributed by atoms with van der Waals surface area (Å²) in [5.74, 6) is 0. The molecular weight excluding hydrogens is 274 g/mol. The van der Waals surface area contributed by atoms with Crippen LogP contribution in [0.15, 0.2) is 41.6 Å². The van der Waals surface area contributed by atoms with Crippen molar-refractivity contribution < 1.29 is 13.5 Å². The van der Waals surface area contributed by atoms with E-state index in [1.807, 2.05) is 26.0 Å². The number of hydroxylamine groups is 2. The molecule has 0 aliphatic carbocycles. The van der Waals surface area contributed by atoms with E-state index >= 15 is 0 Å². The van der Waals surface area contributed by atoms with Crippen molar-refractivity contribution in [2.45, 2.75) is 27.2 Å². The molecule has 4 nitrogen and oxygen atoms in total. The molecule has 1 aliphatic rings. The molecule has 1 aromatic rings. The molecule has 1 N–H and O–H groups in total. The Labute approximate surface area is 120 Å². The molecular formula is C15H17NO3S. The molecule has 0 aromatic heterocycles. The zero-order chi connectivity index (χ0) is 14.9. The van der Waals surface area contributed by atoms with Crippen LogP contribution in [0.1, 0.15) is 23.6 Å². The lowest BCUT2D eigenvalue weighted by Gasteiger charge is -2.23. The van der Waals surface area contributed by atoms with Gasteiger partial charge in [-0.15, -0.1) is 0 Å². The highest BCUT2D eigenvalue weighted by atomic mass is 32.2. The van der Waals surface area contributed by atoms with Gasteiger partial charge >= 0.3 is 0 Å². The van der Waals surface area contributed by atoms with E-state index in [9.17, 15) is 13.6 Å². The summed E-state index contributed by atoms with van der Waals surface area (Å²) < 4.78 is 22.3. The highest BCUT2D eigenvalue weighted by Gasteiger charge is 2.20. The standard InChI is InChI=1S/C15H17NO3S/c1-10-4-5-13(11(2)8-10)9-14-6-7-16(17)15(12(14)3)20(18)19/h4-8,16H,9H2,1-3H3. The third-order valence-corrected chi connectivity index (χ3v) is 4.37. The fourth-order valence-electron chi connectivity index (χ4n) is 2.36. The molecule has 5 heteroatoms. The SMILES string of the molecule is CC1=C(Cc2ccc(C)cc2C)C=C[NH+]([O-])C1=S(=O)=O. The van der Waals surface area contributed by atoms with Gasteiger partial charge < -0.3 is 10.3 Å². The first-order valence-electron chi connectivity index (χ1n) is 6.35. The average Bonchev–Trinajstić information content (AvgIpc) is 2.35. The van der Waals surface area contributed by atoms with E-state index in [2.05, 4.69) is 6.07 Å². The summed E-state index contributed by atoms with van der Waals surface area (Å²) in [6.45, 7) is 5.75. The van der Waals surface area contributed by atoms with Crippen LogP contribution < -0.4 is 5.06 Å². The van der Waals surface area contributed by atoms with E-state index in [1.165, 1.54) is 17.3 Å². The van der Waals surface area contributed by atoms with Crippen LogP contribution in [0.25, 0.3) is 0 Å². The van der Waals surface area contributed by atoms with Crippen molar-refractivity contribution in [2.24, 2.45) is 0 Å². The first kappa shape index (κ1) is 14.7. The first-order chi connectivity index (χ1) is 9.40. The Hall–Kier alpha value is -1.69. The van der Waals surface area contributed by atoms with Gasteiger partial charge in [-0.25, -0.2) is 0 Å². The van der Waals surface area contributed by atoms with E-state index in [0.29, 0.717) is 12.0 Å². The Kier molecular flexibility index (Phi) is 4.23. The smallest absolute Gasteiger partial charge is 0.277 e. The summed E-state index contributed by atoms with van der Waals surface area (Å²) in [5.41, 5.74) is 4.92. The molecule has 0 radical (unpaired) electrons. The maximum absolute atomic E-state index is 11.6. The summed E-state index contributed by atoms with van der Waals surface area (Å²) in [6.07, 6.45) is 3.67. The molecule has 0 saturated carbocycles. The summed E-state index contributed by atoms with van der Waals surface area (Å²) >= 11 is 0. The summed E-state index contributed by atoms with van der Waals surface area (Å²) in [5, 5.41) is 11.2. The Morgan fingerprint density at radius 1 is 1.20 bits per heavy atom. The lowest BCUT2D eigenvalue weighted by molar-refractivity contribution is -0.680. The molecule has 1 heterocycles. The number of hydrogen-bond donors (Lipinski definition) is 1. The van der Waals surface area contributed by atoms with Gasteiger partial charge in [0.1, 0.15) is 6.20 Å². The van der Waals surface area contributed by atoms with Crippen molar-refractivity contribution in [1.29, 1.82) is 0 Å². The van der Waals surface area contributed by atoms with Crippen molar-refractivity contribution in [1.82, 2.24) is 0 Å². The molecule has 0 saturated heterocycles. The van der Waals surface area contributed by atoms with Crippen molar-refractivity contribution in [3.8, 4) is 0 Å². The van der Waals surface area contributed by atoms with E-state index in [4.69, 9.17) is 0 Å². The van der Waals surface area contributed by atoms with Crippen molar-refractivity contribution >= 4 is 15.3 Å². The fraction of sp³-hybridized carbons (Fsp3) is 0.267. The second-order valence-corrected chi connectivity index (χ2v) is 5.90. The largest absolute Gasteiger partial charge is 0.623 e. The van der Waals surface area contributed by atoms with Gasteiger partial charge in [-0.2, -0.15) is 8.42 Å². The molecule has 2 rings (SSSR count). The van der Waals surface area contributed by atoms with Gasteiger partial charge in [0.2, 0.25) is 0 Å². The molecule has 1 aliphatic heterocycles. The molecule has 0 amide bonds. The lowest BCUT2D eigenvalue weighted by atomic mass is 9.95. The van der Waals surface area contributed by atoms with Gasteiger partial charge in [-0.05, 0) is 50.0 Å². The van der Waals surface area contributed by atoms with Crippen LogP contribution in [0.2, 0.25) is 0 Å². The maximum atomic E-state index is 11.6. The quantitative estimate of drug-likeness (QED) is 0.655. The van der Waals surface area contributed by atoms with Crippen LogP contribution in [-0.4, -0.2) is 13.4 Å². The lowest BCUT2D eigenvalue weighted by Crippen LogP contribution is -3.06. The van der Waals surface area contributed by atoms with Crippen LogP contribution in [0.3, 0.4) is 0 Å². The molecule has 20 heavy (non-hydrogen) atoms. The topological polar surface area (TPSA) is 61.6 Å². The second-order valence-electron chi connectivity index (χ2n) is 5.02. The number of quaternary nitrogens is 1. The van der Waals surface area contributed by atoms with E-state index in [1.54, 1.807) is 13.0 Å². The van der Waals surface area contributed by atoms with Crippen molar-refractivity contribution in [2.75, 3.05) is 0 Å².